The van der Waals surface area contributed by atoms with Crippen LogP contribution in [0.4, 0.5) is 5.95 Å². The summed E-state index contributed by atoms with van der Waals surface area (Å²) in [6, 6.07) is 17.5. The van der Waals surface area contributed by atoms with Crippen LogP contribution in [-0.4, -0.2) is 32.5 Å². The van der Waals surface area contributed by atoms with Gasteiger partial charge in [-0.15, -0.1) is 0 Å². The summed E-state index contributed by atoms with van der Waals surface area (Å²) in [4.78, 5) is 26.1. The maximum Gasteiger partial charge on any atom is 0.231 e. The maximum atomic E-state index is 12.6. The molecule has 2 aromatic carbocycles. The van der Waals surface area contributed by atoms with Crippen molar-refractivity contribution in [2.75, 3.05) is 12.4 Å². The first-order valence-electron chi connectivity index (χ1n) is 10.7. The molecular weight excluding hydrogens is 416 g/mol. The zero-order chi connectivity index (χ0) is 23.4. The fourth-order valence-electron chi connectivity index (χ4n) is 3.89. The molecule has 2 heterocycles. The highest BCUT2D eigenvalue weighted by Gasteiger charge is 2.25. The number of ether oxygens (including phenoxy) is 1. The molecule has 8 heteroatoms. The van der Waals surface area contributed by atoms with Crippen LogP contribution in [0.1, 0.15) is 35.5 Å². The number of aryl methyl sites for hydroxylation is 2. The average molecular weight is 441 g/mol. The molecule has 33 heavy (non-hydrogen) atoms. The normalized spacial score (nSPS) is 11.7. The lowest BCUT2D eigenvalue weighted by Gasteiger charge is -2.14. The summed E-state index contributed by atoms with van der Waals surface area (Å²) in [5.41, 5.74) is 3.82. The number of fused-ring (bicyclic) bond motifs is 1. The number of anilines is 1. The van der Waals surface area contributed by atoms with E-state index in [9.17, 15) is 10.1 Å². The average Bonchev–Trinajstić information content (AvgIpc) is 3.20. The SMILES string of the molecule is CCn1c(C(C#N)c2nc(NC(=O)Cc3ccccc3OC)ncc2C)nc2ccccc21. The first-order valence-corrected chi connectivity index (χ1v) is 10.7. The van der Waals surface area contributed by atoms with Gasteiger partial charge in [0.15, 0.2) is 0 Å². The molecule has 0 radical (unpaired) electrons. The largest absolute Gasteiger partial charge is 0.496 e. The molecule has 1 N–H and O–H groups in total. The van der Waals surface area contributed by atoms with E-state index < -0.39 is 5.92 Å². The van der Waals surface area contributed by atoms with Gasteiger partial charge in [0, 0.05) is 18.3 Å². The summed E-state index contributed by atoms with van der Waals surface area (Å²) in [6.45, 7) is 4.53. The molecular formula is C25H24N6O2. The van der Waals surface area contributed by atoms with Crippen molar-refractivity contribution < 1.29 is 9.53 Å². The Morgan fingerprint density at radius 1 is 1.18 bits per heavy atom. The second-order valence-corrected chi connectivity index (χ2v) is 7.56. The zero-order valence-electron chi connectivity index (χ0n) is 18.7. The Morgan fingerprint density at radius 2 is 1.94 bits per heavy atom. The number of rotatable bonds is 7. The predicted molar refractivity (Wildman–Crippen MR) is 125 cm³/mol. The Morgan fingerprint density at radius 3 is 2.70 bits per heavy atom. The molecule has 8 nitrogen and oxygen atoms in total. The molecule has 0 aliphatic carbocycles. The van der Waals surface area contributed by atoms with Gasteiger partial charge in [0.25, 0.3) is 0 Å². The Balaban J connectivity index is 1.64. The first-order chi connectivity index (χ1) is 16.0. The van der Waals surface area contributed by atoms with Crippen molar-refractivity contribution in [1.82, 2.24) is 19.5 Å². The minimum Gasteiger partial charge on any atom is -0.496 e. The van der Waals surface area contributed by atoms with E-state index in [0.717, 1.165) is 22.2 Å². The Kier molecular flexibility index (Phi) is 6.31. The van der Waals surface area contributed by atoms with Crippen molar-refractivity contribution >= 4 is 22.9 Å². The van der Waals surface area contributed by atoms with Gasteiger partial charge in [-0.25, -0.2) is 15.0 Å². The Bertz CT molecular complexity index is 1350. The molecule has 0 saturated carbocycles. The van der Waals surface area contributed by atoms with E-state index in [-0.39, 0.29) is 18.3 Å². The second kappa shape index (κ2) is 9.49. The minimum absolute atomic E-state index is 0.115. The van der Waals surface area contributed by atoms with Gasteiger partial charge in [-0.2, -0.15) is 5.26 Å². The van der Waals surface area contributed by atoms with Gasteiger partial charge in [0.2, 0.25) is 11.9 Å². The molecule has 166 valence electrons. The zero-order valence-corrected chi connectivity index (χ0v) is 18.7. The Hall–Kier alpha value is -4.25. The number of imidazole rings is 1. The number of nitrogens with one attached hydrogen (secondary N) is 1. The smallest absolute Gasteiger partial charge is 0.231 e. The molecule has 4 aromatic rings. The van der Waals surface area contributed by atoms with Crippen molar-refractivity contribution in [3.8, 4) is 11.8 Å². The van der Waals surface area contributed by atoms with Gasteiger partial charge in [-0.1, -0.05) is 30.3 Å². The van der Waals surface area contributed by atoms with Gasteiger partial charge in [-0.3, -0.25) is 10.1 Å². The quantitative estimate of drug-likeness (QED) is 0.466. The summed E-state index contributed by atoms with van der Waals surface area (Å²) in [5.74, 6) is 0.430. The summed E-state index contributed by atoms with van der Waals surface area (Å²) in [5, 5.41) is 12.8. The number of nitrogens with zero attached hydrogens (tertiary/aromatic N) is 5. The van der Waals surface area contributed by atoms with Gasteiger partial charge in [0.05, 0.1) is 36.3 Å². The molecule has 1 amide bonds. The van der Waals surface area contributed by atoms with Crippen molar-refractivity contribution in [3.63, 3.8) is 0 Å². The number of hydrogen-bond acceptors (Lipinski definition) is 6. The number of amides is 1. The van der Waals surface area contributed by atoms with Gasteiger partial charge >= 0.3 is 0 Å². The van der Waals surface area contributed by atoms with Crippen LogP contribution < -0.4 is 10.1 Å². The van der Waals surface area contributed by atoms with E-state index in [1.165, 1.54) is 0 Å². The third-order valence-electron chi connectivity index (χ3n) is 5.47. The highest BCUT2D eigenvalue weighted by molar-refractivity contribution is 5.91. The van der Waals surface area contributed by atoms with E-state index in [1.807, 2.05) is 60.9 Å². The number of carbonyl (C=O) groups is 1. The summed E-state index contributed by atoms with van der Waals surface area (Å²) in [7, 11) is 1.57. The molecule has 2 aromatic heterocycles. The number of methoxy groups -OCH3 is 1. The van der Waals surface area contributed by atoms with Crippen LogP contribution in [0, 0.1) is 18.3 Å². The number of hydrogen-bond donors (Lipinski definition) is 1. The predicted octanol–water partition coefficient (Wildman–Crippen LogP) is 4.00. The topological polar surface area (TPSA) is 106 Å². The third-order valence-corrected chi connectivity index (χ3v) is 5.47. The van der Waals surface area contributed by atoms with Gasteiger partial charge in [0.1, 0.15) is 17.5 Å². The summed E-state index contributed by atoms with van der Waals surface area (Å²) in [6.07, 6.45) is 1.73. The lowest BCUT2D eigenvalue weighted by Crippen LogP contribution is -2.19. The van der Waals surface area contributed by atoms with E-state index in [4.69, 9.17) is 9.72 Å². The van der Waals surface area contributed by atoms with Crippen LogP contribution >= 0.6 is 0 Å². The Labute approximate surface area is 191 Å². The van der Waals surface area contributed by atoms with E-state index in [0.29, 0.717) is 23.8 Å². The van der Waals surface area contributed by atoms with Crippen LogP contribution in [0.3, 0.4) is 0 Å². The minimum atomic E-state index is -0.704. The second-order valence-electron chi connectivity index (χ2n) is 7.56. The number of aromatic nitrogens is 4. The van der Waals surface area contributed by atoms with Crippen LogP contribution in [0.25, 0.3) is 11.0 Å². The number of carbonyl (C=O) groups excluding carboxylic acids is 1. The maximum absolute atomic E-state index is 12.6. The van der Waals surface area contributed by atoms with E-state index >= 15 is 0 Å². The van der Waals surface area contributed by atoms with E-state index in [1.54, 1.807) is 19.4 Å². The van der Waals surface area contributed by atoms with E-state index in [2.05, 4.69) is 21.4 Å². The highest BCUT2D eigenvalue weighted by atomic mass is 16.5. The molecule has 0 saturated heterocycles. The lowest BCUT2D eigenvalue weighted by atomic mass is 10.0. The van der Waals surface area contributed by atoms with Crippen molar-refractivity contribution in [1.29, 1.82) is 5.26 Å². The van der Waals surface area contributed by atoms with Crippen LogP contribution in [0.2, 0.25) is 0 Å². The molecule has 4 rings (SSSR count). The monoisotopic (exact) mass is 440 g/mol. The summed E-state index contributed by atoms with van der Waals surface area (Å²) >= 11 is 0. The first kappa shape index (κ1) is 22.0. The molecule has 0 bridgehead atoms. The molecule has 0 spiro atoms. The number of benzene rings is 2. The van der Waals surface area contributed by atoms with Crippen molar-refractivity contribution in [3.05, 3.63) is 77.4 Å². The van der Waals surface area contributed by atoms with Crippen molar-refractivity contribution in [2.24, 2.45) is 0 Å². The fraction of sp³-hybridized carbons (Fsp3) is 0.240. The fourth-order valence-corrected chi connectivity index (χ4v) is 3.89. The standard InChI is InChI=1S/C25H24N6O2/c1-4-31-20-11-7-6-10-19(20)28-24(31)18(14-26)23-16(2)15-27-25(30-23)29-22(32)13-17-9-5-8-12-21(17)33-3/h5-12,15,18H,4,13H2,1-3H3,(H,27,29,30,32). The third kappa shape index (κ3) is 4.39. The molecule has 1 atom stereocenters. The molecule has 0 aliphatic rings. The summed E-state index contributed by atoms with van der Waals surface area (Å²) < 4.78 is 7.34. The molecule has 0 fully saturated rings. The molecule has 0 aliphatic heterocycles. The van der Waals surface area contributed by atoms with Gasteiger partial charge in [-0.05, 0) is 37.6 Å². The van der Waals surface area contributed by atoms with Crippen LogP contribution in [0.5, 0.6) is 5.75 Å². The van der Waals surface area contributed by atoms with Crippen LogP contribution in [0.15, 0.2) is 54.7 Å². The number of para-hydroxylation sites is 3. The highest BCUT2D eigenvalue weighted by Crippen LogP contribution is 2.28. The van der Waals surface area contributed by atoms with Gasteiger partial charge < -0.3 is 9.30 Å². The number of nitriles is 1. The van der Waals surface area contributed by atoms with Crippen molar-refractivity contribution in [2.45, 2.75) is 32.7 Å². The van der Waals surface area contributed by atoms with Crippen LogP contribution in [-0.2, 0) is 17.8 Å². The lowest BCUT2D eigenvalue weighted by molar-refractivity contribution is -0.115. The molecule has 1 unspecified atom stereocenters.